The summed E-state index contributed by atoms with van der Waals surface area (Å²) < 4.78 is 1.82. The number of rotatable bonds is 9. The van der Waals surface area contributed by atoms with Gasteiger partial charge in [0.25, 0.3) is 11.5 Å². The summed E-state index contributed by atoms with van der Waals surface area (Å²) in [5.74, 6) is 0.608. The highest BCUT2D eigenvalue weighted by molar-refractivity contribution is 5.94. The van der Waals surface area contributed by atoms with Crippen LogP contribution in [0.15, 0.2) is 70.7 Å². The predicted molar refractivity (Wildman–Crippen MR) is 152 cm³/mol. The van der Waals surface area contributed by atoms with E-state index in [1.54, 1.807) is 6.20 Å². The Hall–Kier alpha value is -4.48. The van der Waals surface area contributed by atoms with Crippen LogP contribution in [0.5, 0.6) is 0 Å². The number of carbonyl (C=O) groups is 1. The fourth-order valence-electron chi connectivity index (χ4n) is 4.58. The number of guanidine groups is 1. The quantitative estimate of drug-likeness (QED) is 0.124. The molecule has 0 unspecified atom stereocenters. The van der Waals surface area contributed by atoms with Crippen LogP contribution in [-0.4, -0.2) is 70.4 Å². The third-order valence-corrected chi connectivity index (χ3v) is 6.70. The molecule has 0 spiro atoms. The highest BCUT2D eigenvalue weighted by atomic mass is 16.2. The Balaban J connectivity index is 1.26. The molecule has 1 amide bonds. The fourth-order valence-corrected chi connectivity index (χ4v) is 4.58. The minimum atomic E-state index is -0.206. The number of aliphatic imine (C=N–C) groups is 1. The molecule has 2 aromatic carbocycles. The molecule has 2 aromatic heterocycles. The number of hydrogen-bond donors (Lipinski definition) is 5. The van der Waals surface area contributed by atoms with Crippen molar-refractivity contribution in [1.82, 2.24) is 29.9 Å². The van der Waals surface area contributed by atoms with Gasteiger partial charge in [-0.15, -0.1) is 0 Å². The summed E-state index contributed by atoms with van der Waals surface area (Å²) in [6, 6.07) is 15.3. The van der Waals surface area contributed by atoms with Crippen molar-refractivity contribution in [1.29, 1.82) is 0 Å². The number of hydrogen-bond acceptors (Lipinski definition) is 6. The lowest BCUT2D eigenvalue weighted by Crippen LogP contribution is -2.46. The smallest absolute Gasteiger partial charge is 0.260 e. The Bertz CT molecular complexity index is 1510. The average molecular weight is 528 g/mol. The van der Waals surface area contributed by atoms with Crippen LogP contribution in [-0.2, 0) is 6.54 Å². The first kappa shape index (κ1) is 26.1. The van der Waals surface area contributed by atoms with Gasteiger partial charge in [-0.1, -0.05) is 36.4 Å². The first-order valence-electron chi connectivity index (χ1n) is 13.1. The summed E-state index contributed by atoms with van der Waals surface area (Å²) in [6.45, 7) is 5.16. The molecule has 0 aliphatic carbocycles. The molecule has 0 atom stereocenters. The van der Waals surface area contributed by atoms with Gasteiger partial charge in [0.1, 0.15) is 0 Å². The number of nitrogens with one attached hydrogen (secondary N) is 3. The number of aromatic amines is 1. The molecule has 1 aliphatic heterocycles. The van der Waals surface area contributed by atoms with Gasteiger partial charge in [-0.05, 0) is 36.2 Å². The number of nitrogens with zero attached hydrogens (tertiary/aromatic N) is 4. The molecule has 1 fully saturated rings. The molecule has 1 aliphatic rings. The molecule has 0 bridgehead atoms. The zero-order valence-electron chi connectivity index (χ0n) is 21.7. The standard InChI is InChI=1S/C28H33N9O2/c29-27(30)33-11-1-10-32-16-19-2-4-20(5-3-19)23-17-37-18-24(34-28(37)35-25(23)38)21-6-8-22(9-7-21)26(39)36-14-12-31-13-15-36/h2-9,17-18,31-32H,1,10-16H2,(H4,29,30,33)(H,34,35,38). The van der Waals surface area contributed by atoms with Crippen molar-refractivity contribution in [2.75, 3.05) is 39.3 Å². The van der Waals surface area contributed by atoms with Crippen molar-refractivity contribution in [2.45, 2.75) is 13.0 Å². The van der Waals surface area contributed by atoms with Crippen molar-refractivity contribution < 1.29 is 4.79 Å². The molecule has 1 saturated heterocycles. The molecule has 0 radical (unpaired) electrons. The van der Waals surface area contributed by atoms with E-state index in [1.165, 1.54) is 0 Å². The van der Waals surface area contributed by atoms with Gasteiger partial charge < -0.3 is 27.0 Å². The van der Waals surface area contributed by atoms with Gasteiger partial charge in [-0.25, -0.2) is 4.98 Å². The number of nitrogens with two attached hydrogens (primary N) is 2. The summed E-state index contributed by atoms with van der Waals surface area (Å²) in [5.41, 5.74) is 15.2. The third-order valence-electron chi connectivity index (χ3n) is 6.70. The largest absolute Gasteiger partial charge is 0.370 e. The number of carbonyl (C=O) groups excluding carboxylic acids is 1. The van der Waals surface area contributed by atoms with E-state index >= 15 is 0 Å². The second kappa shape index (κ2) is 11.9. The van der Waals surface area contributed by atoms with Gasteiger partial charge in [0.15, 0.2) is 5.96 Å². The maximum absolute atomic E-state index is 12.9. The molecule has 0 saturated carbocycles. The summed E-state index contributed by atoms with van der Waals surface area (Å²) >= 11 is 0. The normalized spacial score (nSPS) is 13.5. The SMILES string of the molecule is NC(N)=NCCCNCc1ccc(-c2cn3cc(-c4ccc(C(=O)N5CCNCC5)cc4)nc3[nH]c2=O)cc1. The van der Waals surface area contributed by atoms with E-state index < -0.39 is 0 Å². The van der Waals surface area contributed by atoms with Crippen molar-refractivity contribution >= 4 is 17.6 Å². The summed E-state index contributed by atoms with van der Waals surface area (Å²) in [5, 5.41) is 6.62. The zero-order chi connectivity index (χ0) is 27.2. The minimum Gasteiger partial charge on any atom is -0.370 e. The highest BCUT2D eigenvalue weighted by Crippen LogP contribution is 2.22. The molecule has 39 heavy (non-hydrogen) atoms. The third kappa shape index (κ3) is 6.33. The lowest BCUT2D eigenvalue weighted by atomic mass is 10.1. The van der Waals surface area contributed by atoms with Gasteiger partial charge in [-0.3, -0.25) is 24.0 Å². The number of benzene rings is 2. The van der Waals surface area contributed by atoms with E-state index in [-0.39, 0.29) is 17.4 Å². The number of H-pyrrole nitrogens is 1. The summed E-state index contributed by atoms with van der Waals surface area (Å²) in [4.78, 5) is 38.9. The number of fused-ring (bicyclic) bond motifs is 1. The Kier molecular flexibility index (Phi) is 7.99. The predicted octanol–water partition coefficient (Wildman–Crippen LogP) is 1.16. The lowest BCUT2D eigenvalue weighted by Gasteiger charge is -2.27. The maximum Gasteiger partial charge on any atom is 0.260 e. The van der Waals surface area contributed by atoms with Gasteiger partial charge in [0.05, 0.1) is 11.3 Å². The molecule has 5 rings (SSSR count). The molecular formula is C28H33N9O2. The van der Waals surface area contributed by atoms with Gasteiger partial charge in [-0.2, -0.15) is 0 Å². The van der Waals surface area contributed by atoms with E-state index in [9.17, 15) is 9.59 Å². The van der Waals surface area contributed by atoms with E-state index in [4.69, 9.17) is 11.5 Å². The lowest BCUT2D eigenvalue weighted by molar-refractivity contribution is 0.0736. The van der Waals surface area contributed by atoms with Gasteiger partial charge in [0, 0.05) is 62.8 Å². The Morgan fingerprint density at radius 1 is 1.00 bits per heavy atom. The van der Waals surface area contributed by atoms with Crippen LogP contribution in [0.4, 0.5) is 0 Å². The molecule has 7 N–H and O–H groups in total. The van der Waals surface area contributed by atoms with Crippen LogP contribution in [0.3, 0.4) is 0 Å². The van der Waals surface area contributed by atoms with Crippen molar-refractivity contribution in [3.05, 3.63) is 82.4 Å². The molecule has 4 aromatic rings. The van der Waals surface area contributed by atoms with Crippen molar-refractivity contribution in [3.63, 3.8) is 0 Å². The first-order valence-corrected chi connectivity index (χ1v) is 13.1. The van der Waals surface area contributed by atoms with Crippen molar-refractivity contribution in [3.8, 4) is 22.4 Å². The van der Waals surface area contributed by atoms with Gasteiger partial charge in [0.2, 0.25) is 5.78 Å². The number of imidazole rings is 1. The zero-order valence-corrected chi connectivity index (χ0v) is 21.7. The van der Waals surface area contributed by atoms with Crippen molar-refractivity contribution in [2.24, 2.45) is 16.5 Å². The fraction of sp³-hybridized carbons (Fsp3) is 0.286. The van der Waals surface area contributed by atoms with Crippen LogP contribution in [0.25, 0.3) is 28.2 Å². The molecule has 11 heteroatoms. The van der Waals surface area contributed by atoms with Crippen LogP contribution in [0.2, 0.25) is 0 Å². The topological polar surface area (TPSA) is 159 Å². The van der Waals surface area contributed by atoms with E-state index in [1.807, 2.05) is 64.0 Å². The Labute approximate surface area is 226 Å². The molecule has 11 nitrogen and oxygen atoms in total. The van der Waals surface area contributed by atoms with E-state index in [0.29, 0.717) is 48.8 Å². The Morgan fingerprint density at radius 3 is 2.44 bits per heavy atom. The number of aromatic nitrogens is 3. The number of amides is 1. The van der Waals surface area contributed by atoms with Crippen LogP contribution < -0.4 is 27.7 Å². The van der Waals surface area contributed by atoms with Crippen LogP contribution in [0.1, 0.15) is 22.3 Å². The summed E-state index contributed by atoms with van der Waals surface area (Å²) in [6.07, 6.45) is 4.52. The average Bonchev–Trinajstić information content (AvgIpc) is 3.37. The van der Waals surface area contributed by atoms with Crippen LogP contribution >= 0.6 is 0 Å². The molecule has 3 heterocycles. The van der Waals surface area contributed by atoms with Crippen LogP contribution in [0, 0.1) is 0 Å². The van der Waals surface area contributed by atoms with E-state index in [0.717, 1.165) is 42.7 Å². The maximum atomic E-state index is 12.9. The second-order valence-corrected chi connectivity index (χ2v) is 9.51. The van der Waals surface area contributed by atoms with Gasteiger partial charge >= 0.3 is 0 Å². The monoisotopic (exact) mass is 527 g/mol. The first-order chi connectivity index (χ1) is 19.0. The molecule has 202 valence electrons. The summed E-state index contributed by atoms with van der Waals surface area (Å²) in [7, 11) is 0. The number of piperazine rings is 1. The highest BCUT2D eigenvalue weighted by Gasteiger charge is 2.18. The second-order valence-electron chi connectivity index (χ2n) is 9.51. The minimum absolute atomic E-state index is 0.0386. The molecular weight excluding hydrogens is 494 g/mol. The van der Waals surface area contributed by atoms with E-state index in [2.05, 4.69) is 25.6 Å². The Morgan fingerprint density at radius 2 is 1.72 bits per heavy atom.